The summed E-state index contributed by atoms with van der Waals surface area (Å²) in [5.41, 5.74) is 1.82. The average Bonchev–Trinajstić information content (AvgIpc) is 2.88. The van der Waals surface area contributed by atoms with Gasteiger partial charge in [0.05, 0.1) is 13.7 Å². The molecule has 2 rings (SSSR count). The number of likely N-dealkylation sites (N-methyl/N-ethyl adjacent to an activating group) is 1. The first-order valence-electron chi connectivity index (χ1n) is 13.0. The van der Waals surface area contributed by atoms with Gasteiger partial charge >= 0.3 is 0 Å². The summed E-state index contributed by atoms with van der Waals surface area (Å²) in [4.78, 5) is 36.3. The highest BCUT2D eigenvalue weighted by atomic mass is 16.5. The Bertz CT molecular complexity index is 914. The minimum absolute atomic E-state index is 0.0476. The molecule has 8 heteroatoms. The van der Waals surface area contributed by atoms with Crippen LogP contribution in [0.4, 0.5) is 0 Å². The van der Waals surface area contributed by atoms with E-state index in [2.05, 4.69) is 22.5 Å². The molecule has 8 nitrogen and oxygen atoms in total. The van der Waals surface area contributed by atoms with Crippen LogP contribution in [0.1, 0.15) is 88.0 Å². The Morgan fingerprint density at radius 2 is 1.83 bits per heavy atom. The van der Waals surface area contributed by atoms with Crippen LogP contribution >= 0.6 is 0 Å². The molecular formula is C28H45N3O5. The third kappa shape index (κ3) is 10.7. The number of carbonyl (C=O) groups is 2. The number of hydrogen-bond donors (Lipinski definition) is 3. The second-order valence-electron chi connectivity index (χ2n) is 9.19. The Kier molecular flexibility index (Phi) is 15.0. The Morgan fingerprint density at radius 1 is 1.14 bits per heavy atom. The van der Waals surface area contributed by atoms with Crippen molar-refractivity contribution in [3.63, 3.8) is 0 Å². The molecule has 2 amide bonds. The molecule has 1 heterocycles. The number of pyridine rings is 1. The molecule has 1 fully saturated rings. The predicted molar refractivity (Wildman–Crippen MR) is 144 cm³/mol. The molecule has 0 saturated heterocycles. The van der Waals surface area contributed by atoms with Gasteiger partial charge in [0.2, 0.25) is 12.3 Å². The molecule has 0 unspecified atom stereocenters. The molecule has 0 spiro atoms. The highest BCUT2D eigenvalue weighted by molar-refractivity contribution is 5.88. The van der Waals surface area contributed by atoms with Gasteiger partial charge in [-0.25, -0.2) is 0 Å². The Labute approximate surface area is 215 Å². The minimum Gasteiger partial charge on any atom is -0.497 e. The van der Waals surface area contributed by atoms with Crippen molar-refractivity contribution in [3.8, 4) is 0 Å². The van der Waals surface area contributed by atoms with E-state index in [0.717, 1.165) is 49.8 Å². The number of aromatic nitrogens is 1. The zero-order valence-corrected chi connectivity index (χ0v) is 22.7. The first-order chi connectivity index (χ1) is 17.3. The number of aromatic amines is 1. The zero-order chi connectivity index (χ0) is 26.8. The molecule has 1 aromatic heterocycles. The number of allylic oxidation sites excluding steroid dienone is 1. The zero-order valence-electron chi connectivity index (χ0n) is 22.7. The molecule has 1 aliphatic carbocycles. The molecule has 36 heavy (non-hydrogen) atoms. The summed E-state index contributed by atoms with van der Waals surface area (Å²) in [7, 11) is 3.22. The topological polar surface area (TPSA) is 110 Å². The maximum absolute atomic E-state index is 11.5. The lowest BCUT2D eigenvalue weighted by atomic mass is 9.81. The van der Waals surface area contributed by atoms with Crippen molar-refractivity contribution in [1.29, 1.82) is 0 Å². The van der Waals surface area contributed by atoms with Crippen LogP contribution in [-0.4, -0.2) is 43.6 Å². The van der Waals surface area contributed by atoms with Gasteiger partial charge in [-0.05, 0) is 56.9 Å². The fourth-order valence-electron chi connectivity index (χ4n) is 4.12. The van der Waals surface area contributed by atoms with Crippen molar-refractivity contribution in [2.24, 2.45) is 0 Å². The Balaban J connectivity index is 0.000000420. The van der Waals surface area contributed by atoms with Gasteiger partial charge in [-0.3, -0.25) is 14.4 Å². The van der Waals surface area contributed by atoms with E-state index in [9.17, 15) is 14.4 Å². The van der Waals surface area contributed by atoms with E-state index < -0.39 is 5.54 Å². The molecule has 3 N–H and O–H groups in total. The first kappa shape index (κ1) is 31.0. The second-order valence-corrected chi connectivity index (χ2v) is 9.19. The van der Waals surface area contributed by atoms with Crippen LogP contribution in [0.2, 0.25) is 0 Å². The van der Waals surface area contributed by atoms with Crippen LogP contribution in [-0.2, 0) is 19.1 Å². The van der Waals surface area contributed by atoms with Crippen LogP contribution in [0.25, 0.3) is 6.08 Å². The van der Waals surface area contributed by atoms with Gasteiger partial charge in [0.15, 0.2) is 5.76 Å². The van der Waals surface area contributed by atoms with E-state index >= 15 is 0 Å². The number of amides is 2. The van der Waals surface area contributed by atoms with E-state index in [1.807, 2.05) is 25.1 Å². The smallest absolute Gasteiger partial charge is 0.251 e. The Morgan fingerprint density at radius 3 is 2.44 bits per heavy atom. The van der Waals surface area contributed by atoms with E-state index in [1.165, 1.54) is 25.7 Å². The standard InChI is InChI=1S/C19H29NO3.C9H16N2O2/c1-5-6-7-8-9-12-23-14-18(22-4)11-10-17-13-15(2)19(21)20-16(17)3;1-10-8(13)9(11-7-12)5-3-2-4-6-9/h10-11,13-14H,5-9,12H2,1-4H3,(H,20,21);7H,2-6H2,1H3,(H,10,13)(H,11,12)/b11-10-,18-14-;. The van der Waals surface area contributed by atoms with Crippen LogP contribution < -0.4 is 16.2 Å². The maximum atomic E-state index is 11.5. The first-order valence-corrected chi connectivity index (χ1v) is 13.0. The van der Waals surface area contributed by atoms with Gasteiger partial charge in [-0.15, -0.1) is 0 Å². The molecule has 0 aliphatic heterocycles. The van der Waals surface area contributed by atoms with E-state index in [4.69, 9.17) is 9.47 Å². The molecule has 1 aliphatic rings. The van der Waals surface area contributed by atoms with E-state index in [-0.39, 0.29) is 11.5 Å². The summed E-state index contributed by atoms with van der Waals surface area (Å²) in [5.74, 6) is 0.584. The highest BCUT2D eigenvalue weighted by Crippen LogP contribution is 2.27. The van der Waals surface area contributed by atoms with Gasteiger partial charge in [-0.1, -0.05) is 51.9 Å². The molecule has 0 atom stereocenters. The van der Waals surface area contributed by atoms with Crippen molar-refractivity contribution in [1.82, 2.24) is 15.6 Å². The second kappa shape index (κ2) is 17.4. The number of carbonyl (C=O) groups excluding carboxylic acids is 2. The third-order valence-electron chi connectivity index (χ3n) is 6.40. The third-order valence-corrected chi connectivity index (χ3v) is 6.40. The lowest BCUT2D eigenvalue weighted by Crippen LogP contribution is -2.56. The van der Waals surface area contributed by atoms with Crippen molar-refractivity contribution >= 4 is 18.4 Å². The number of aryl methyl sites for hydroxylation is 2. The predicted octanol–water partition coefficient (Wildman–Crippen LogP) is 4.66. The highest BCUT2D eigenvalue weighted by Gasteiger charge is 2.38. The molecule has 1 aromatic rings. The van der Waals surface area contributed by atoms with E-state index in [1.54, 1.807) is 27.3 Å². The molecule has 0 aromatic carbocycles. The van der Waals surface area contributed by atoms with Gasteiger partial charge < -0.3 is 25.1 Å². The number of H-pyrrole nitrogens is 1. The number of methoxy groups -OCH3 is 1. The summed E-state index contributed by atoms with van der Waals surface area (Å²) in [6, 6.07) is 1.87. The summed E-state index contributed by atoms with van der Waals surface area (Å²) in [6.45, 7) is 6.59. The summed E-state index contributed by atoms with van der Waals surface area (Å²) >= 11 is 0. The number of rotatable bonds is 13. The van der Waals surface area contributed by atoms with E-state index in [0.29, 0.717) is 24.3 Å². The fourth-order valence-corrected chi connectivity index (χ4v) is 4.12. The molecular weight excluding hydrogens is 458 g/mol. The molecule has 0 bridgehead atoms. The Hall–Kier alpha value is -3.03. The molecule has 0 radical (unpaired) electrons. The van der Waals surface area contributed by atoms with Crippen molar-refractivity contribution < 1.29 is 19.1 Å². The number of unbranched alkanes of at least 4 members (excludes halogenated alkanes) is 4. The number of ether oxygens (including phenoxy) is 2. The van der Waals surface area contributed by atoms with Gasteiger partial charge in [0.25, 0.3) is 5.56 Å². The van der Waals surface area contributed by atoms with Crippen LogP contribution in [0.5, 0.6) is 0 Å². The van der Waals surface area contributed by atoms with Crippen LogP contribution in [0, 0.1) is 13.8 Å². The quantitative estimate of drug-likeness (QED) is 0.157. The monoisotopic (exact) mass is 503 g/mol. The van der Waals surface area contributed by atoms with Crippen LogP contribution in [0.3, 0.4) is 0 Å². The molecule has 1 saturated carbocycles. The SMILES string of the molecule is CCCCCCCO/C=C(/C=C\c1cc(C)c(=O)[nH]c1C)OC.CNC(=O)C1(NC=O)CCCCC1. The lowest BCUT2D eigenvalue weighted by Gasteiger charge is -2.34. The average molecular weight is 504 g/mol. The number of nitrogens with one attached hydrogen (secondary N) is 3. The largest absolute Gasteiger partial charge is 0.497 e. The fraction of sp³-hybridized carbons (Fsp3) is 0.607. The van der Waals surface area contributed by atoms with Crippen molar-refractivity contribution in [2.75, 3.05) is 20.8 Å². The minimum atomic E-state index is -0.630. The normalized spacial score (nSPS) is 15.0. The van der Waals surface area contributed by atoms with Gasteiger partial charge in [0.1, 0.15) is 11.8 Å². The van der Waals surface area contributed by atoms with Crippen molar-refractivity contribution in [2.45, 2.75) is 90.5 Å². The lowest BCUT2D eigenvalue weighted by molar-refractivity contribution is -0.131. The van der Waals surface area contributed by atoms with Crippen LogP contribution in [0.15, 0.2) is 29.0 Å². The number of hydrogen-bond acceptors (Lipinski definition) is 5. The maximum Gasteiger partial charge on any atom is 0.251 e. The molecule has 202 valence electrons. The van der Waals surface area contributed by atoms with Gasteiger partial charge in [0, 0.05) is 18.3 Å². The summed E-state index contributed by atoms with van der Waals surface area (Å²) in [5, 5.41) is 5.26. The van der Waals surface area contributed by atoms with Crippen molar-refractivity contribution in [3.05, 3.63) is 51.3 Å². The van der Waals surface area contributed by atoms with Gasteiger partial charge in [-0.2, -0.15) is 0 Å². The summed E-state index contributed by atoms with van der Waals surface area (Å²) < 4.78 is 10.8. The summed E-state index contributed by atoms with van der Waals surface area (Å²) in [6.07, 6.45) is 16.8.